The van der Waals surface area contributed by atoms with Crippen molar-refractivity contribution in [2.24, 2.45) is 8.73 Å². The third-order valence-corrected chi connectivity index (χ3v) is 4.35. The molecule has 0 atom stereocenters. The maximum atomic E-state index is 13.5. The van der Waals surface area contributed by atoms with E-state index in [2.05, 4.69) is 18.4 Å². The smallest absolute Gasteiger partial charge is 0.276 e. The number of rotatable bonds is 3. The van der Waals surface area contributed by atoms with E-state index in [4.69, 9.17) is 0 Å². The van der Waals surface area contributed by atoms with Gasteiger partial charge in [-0.15, -0.1) is 0 Å². The van der Waals surface area contributed by atoms with Gasteiger partial charge in [0.2, 0.25) is 5.03 Å². The summed E-state index contributed by atoms with van der Waals surface area (Å²) in [6.45, 7) is 0. The van der Waals surface area contributed by atoms with E-state index in [0.29, 0.717) is 11.4 Å². The highest BCUT2D eigenvalue weighted by Crippen LogP contribution is 2.39. The van der Waals surface area contributed by atoms with Crippen molar-refractivity contribution in [2.75, 3.05) is 4.72 Å². The summed E-state index contributed by atoms with van der Waals surface area (Å²) in [5.41, 5.74) is 1.22. The van der Waals surface area contributed by atoms with E-state index in [1.54, 1.807) is 12.1 Å². The molecule has 0 fully saturated rings. The van der Waals surface area contributed by atoms with E-state index in [1.165, 1.54) is 18.3 Å². The number of sulfonamides is 1. The average Bonchev–Trinajstić information content (AvgIpc) is 2.88. The molecule has 1 aliphatic heterocycles. The van der Waals surface area contributed by atoms with Crippen LogP contribution in [0.5, 0.6) is 0 Å². The molecule has 0 spiro atoms. The van der Waals surface area contributed by atoms with Crippen LogP contribution in [0.3, 0.4) is 0 Å². The van der Waals surface area contributed by atoms with Crippen molar-refractivity contribution in [3.8, 4) is 0 Å². The number of halogens is 1. The van der Waals surface area contributed by atoms with Gasteiger partial charge < -0.3 is 0 Å². The first kappa shape index (κ1) is 12.9. The van der Waals surface area contributed by atoms with Gasteiger partial charge in [-0.05, 0) is 24.3 Å². The van der Waals surface area contributed by atoms with Crippen LogP contribution in [0.1, 0.15) is 0 Å². The highest BCUT2D eigenvalue weighted by Gasteiger charge is 2.23. The second-order valence-corrected chi connectivity index (χ2v) is 5.96. The van der Waals surface area contributed by atoms with Crippen molar-refractivity contribution in [1.29, 1.82) is 0 Å². The van der Waals surface area contributed by atoms with E-state index < -0.39 is 20.9 Å². The molecule has 0 radical (unpaired) electrons. The van der Waals surface area contributed by atoms with E-state index in [1.807, 2.05) is 0 Å². The summed E-state index contributed by atoms with van der Waals surface area (Å²) in [6, 6.07) is 7.22. The van der Waals surface area contributed by atoms with Crippen molar-refractivity contribution in [3.63, 3.8) is 0 Å². The third kappa shape index (κ3) is 2.21. The van der Waals surface area contributed by atoms with Crippen LogP contribution in [-0.2, 0) is 21.4 Å². The van der Waals surface area contributed by atoms with Gasteiger partial charge in [-0.1, -0.05) is 6.07 Å². The molecule has 1 N–H and O–H groups in total. The lowest BCUT2D eigenvalue weighted by Gasteiger charge is -2.09. The van der Waals surface area contributed by atoms with Gasteiger partial charge in [0.15, 0.2) is 5.82 Å². The summed E-state index contributed by atoms with van der Waals surface area (Å²) in [5, 5.41) is -0.653. The summed E-state index contributed by atoms with van der Waals surface area (Å²) in [7, 11) is -4.11. The van der Waals surface area contributed by atoms with Gasteiger partial charge in [-0.25, -0.2) is 9.37 Å². The van der Waals surface area contributed by atoms with E-state index >= 15 is 0 Å². The summed E-state index contributed by atoms with van der Waals surface area (Å²) >= 11 is 0.967. The highest BCUT2D eigenvalue weighted by atomic mass is 32.2. The van der Waals surface area contributed by atoms with Crippen LogP contribution >= 0.6 is 0 Å². The van der Waals surface area contributed by atoms with Gasteiger partial charge >= 0.3 is 0 Å². The van der Waals surface area contributed by atoms with Crippen LogP contribution in [0.2, 0.25) is 0 Å². The van der Waals surface area contributed by atoms with Crippen LogP contribution in [0.25, 0.3) is 0 Å². The lowest BCUT2D eigenvalue weighted by Crippen LogP contribution is -2.16. The molecule has 20 heavy (non-hydrogen) atoms. The molecule has 0 saturated heterocycles. The Balaban J connectivity index is 2.02. The predicted octanol–water partition coefficient (Wildman–Crippen LogP) is 2.75. The number of fused-ring (bicyclic) bond motifs is 1. The number of benzene rings is 1. The minimum absolute atomic E-state index is 0.237. The summed E-state index contributed by atoms with van der Waals surface area (Å²) < 4.78 is 48.1. The van der Waals surface area contributed by atoms with Crippen LogP contribution in [0.4, 0.5) is 21.5 Å². The zero-order chi connectivity index (χ0) is 14.2. The molecule has 9 heteroatoms. The second-order valence-electron chi connectivity index (χ2n) is 3.83. The Kier molecular flexibility index (Phi) is 3.07. The molecule has 0 saturated carbocycles. The fraction of sp³-hybridized carbons (Fsp3) is 0. The number of nitrogens with one attached hydrogen (secondary N) is 1. The number of anilines is 1. The Morgan fingerprint density at radius 3 is 2.80 bits per heavy atom. The molecule has 0 unspecified atom stereocenters. The quantitative estimate of drug-likeness (QED) is 0.807. The van der Waals surface area contributed by atoms with E-state index in [0.717, 1.165) is 17.4 Å². The fourth-order valence-electron chi connectivity index (χ4n) is 1.65. The van der Waals surface area contributed by atoms with Gasteiger partial charge in [-0.3, -0.25) is 4.72 Å². The average molecular weight is 310 g/mol. The first-order chi connectivity index (χ1) is 9.58. The van der Waals surface area contributed by atoms with Gasteiger partial charge in [0.05, 0.1) is 17.0 Å². The van der Waals surface area contributed by atoms with E-state index in [9.17, 15) is 12.8 Å². The lowest BCUT2D eigenvalue weighted by atomic mass is 10.2. The lowest BCUT2D eigenvalue weighted by molar-refractivity contribution is 0.557. The Bertz CT molecular complexity index is 860. The third-order valence-electron chi connectivity index (χ3n) is 2.51. The van der Waals surface area contributed by atoms with Gasteiger partial charge in [0, 0.05) is 6.20 Å². The van der Waals surface area contributed by atoms with Crippen molar-refractivity contribution in [1.82, 2.24) is 4.98 Å². The van der Waals surface area contributed by atoms with Crippen molar-refractivity contribution in [2.45, 2.75) is 5.03 Å². The summed E-state index contributed by atoms with van der Waals surface area (Å²) in [4.78, 5) is 3.55. The number of pyridine rings is 1. The predicted molar refractivity (Wildman–Crippen MR) is 73.0 cm³/mol. The van der Waals surface area contributed by atoms with Crippen LogP contribution in [0, 0.1) is 5.82 Å². The molecule has 6 nitrogen and oxygen atoms in total. The van der Waals surface area contributed by atoms with Gasteiger partial charge in [-0.2, -0.15) is 17.1 Å². The molecule has 0 amide bonds. The maximum Gasteiger partial charge on any atom is 0.282 e. The van der Waals surface area contributed by atoms with Crippen LogP contribution in [-0.4, -0.2) is 13.4 Å². The van der Waals surface area contributed by atoms with Crippen LogP contribution in [0.15, 0.2) is 50.3 Å². The zero-order valence-corrected chi connectivity index (χ0v) is 11.4. The Morgan fingerprint density at radius 1 is 1.15 bits per heavy atom. The zero-order valence-electron chi connectivity index (χ0n) is 9.82. The number of nitrogens with zero attached hydrogens (tertiary/aromatic N) is 3. The molecule has 1 aliphatic rings. The minimum Gasteiger partial charge on any atom is -0.276 e. The fourth-order valence-corrected chi connectivity index (χ4v) is 3.28. The Labute approximate surface area is 117 Å². The van der Waals surface area contributed by atoms with Crippen LogP contribution < -0.4 is 4.72 Å². The monoisotopic (exact) mass is 310 g/mol. The number of hydrogen-bond donors (Lipinski definition) is 1. The molecular weight excluding hydrogens is 303 g/mol. The SMILES string of the molecule is O=S(=O)(Nc1cccc2c1N=S=N2)c1ncccc1F. The van der Waals surface area contributed by atoms with Crippen molar-refractivity contribution in [3.05, 3.63) is 42.3 Å². The summed E-state index contributed by atoms with van der Waals surface area (Å²) in [6.07, 6.45) is 1.21. The topological polar surface area (TPSA) is 83.8 Å². The molecule has 1 aromatic carbocycles. The Hall–Kier alpha value is -2.13. The minimum atomic E-state index is -4.11. The number of hydrogen-bond acceptors (Lipinski definition) is 5. The van der Waals surface area contributed by atoms with Gasteiger partial charge in [0.1, 0.15) is 11.4 Å². The second kappa shape index (κ2) is 4.76. The summed E-state index contributed by atoms with van der Waals surface area (Å²) in [5.74, 6) is -0.913. The molecule has 0 bridgehead atoms. The first-order valence-electron chi connectivity index (χ1n) is 5.42. The Morgan fingerprint density at radius 2 is 2.00 bits per heavy atom. The molecule has 2 aromatic rings. The molecule has 2 heterocycles. The van der Waals surface area contributed by atoms with E-state index in [-0.39, 0.29) is 5.69 Å². The molecule has 3 rings (SSSR count). The highest BCUT2D eigenvalue weighted by molar-refractivity contribution is 7.92. The maximum absolute atomic E-state index is 13.5. The number of aromatic nitrogens is 1. The molecule has 1 aromatic heterocycles. The van der Waals surface area contributed by atoms with Gasteiger partial charge in [0.25, 0.3) is 10.0 Å². The van der Waals surface area contributed by atoms with Crippen molar-refractivity contribution >= 4 is 38.4 Å². The molecule has 102 valence electrons. The first-order valence-corrected chi connectivity index (χ1v) is 7.64. The van der Waals surface area contributed by atoms with Crippen molar-refractivity contribution < 1.29 is 12.8 Å². The molecular formula is C11H7FN4O2S2. The molecule has 0 aliphatic carbocycles. The largest absolute Gasteiger partial charge is 0.282 e. The standard InChI is InChI=1S/C11H7FN4O2S2/c12-7-3-2-6-13-11(7)20(17,18)16-9-5-1-4-8-10(9)15-19-14-8/h1-6,16H. The normalized spacial score (nSPS) is 12.8.